The third-order valence-electron chi connectivity index (χ3n) is 7.74. The van der Waals surface area contributed by atoms with Crippen molar-refractivity contribution in [1.82, 2.24) is 10.2 Å². The molecule has 2 amide bonds. The molecular weight excluding hydrogens is 694 g/mol. The second kappa shape index (κ2) is 16.7. The summed E-state index contributed by atoms with van der Waals surface area (Å²) in [7, 11) is -1.33. The number of hydrogen-bond acceptors (Lipinski definition) is 6. The van der Waals surface area contributed by atoms with Gasteiger partial charge in [0.05, 0.1) is 24.8 Å². The lowest BCUT2D eigenvalue weighted by atomic mass is 10.0. The van der Waals surface area contributed by atoms with E-state index < -0.39 is 28.5 Å². The standard InChI is InChI=1S/C37H42BrN3O6S/c1-26(2)23-39-37(43)33(21-28-10-7-6-8-11-28)40(24-29-12-9-13-30(38)20-29)36(42)25-41(31-16-19-34(46-4)35(22-31)47-5)48(44,45)32-17-14-27(3)15-18-32/h6-20,22,26,33H,21,23-25H2,1-5H3,(H,39,43)/t33-/m0/s1. The van der Waals surface area contributed by atoms with Crippen molar-refractivity contribution in [3.63, 3.8) is 0 Å². The summed E-state index contributed by atoms with van der Waals surface area (Å²) in [6, 6.07) is 27.1. The minimum atomic E-state index is -4.27. The number of halogens is 1. The van der Waals surface area contributed by atoms with Crippen LogP contribution in [-0.4, -0.2) is 58.5 Å². The van der Waals surface area contributed by atoms with Gasteiger partial charge in [0.2, 0.25) is 11.8 Å². The van der Waals surface area contributed by atoms with Crippen molar-refractivity contribution in [2.75, 3.05) is 31.6 Å². The second-order valence-corrected chi connectivity index (χ2v) is 14.6. The van der Waals surface area contributed by atoms with Crippen molar-refractivity contribution in [3.05, 3.63) is 118 Å². The molecule has 0 heterocycles. The Labute approximate surface area is 292 Å². The molecule has 11 heteroatoms. The Bertz CT molecular complexity index is 1800. The monoisotopic (exact) mass is 735 g/mol. The quantitative estimate of drug-likeness (QED) is 0.152. The number of hydrogen-bond donors (Lipinski definition) is 1. The lowest BCUT2D eigenvalue weighted by molar-refractivity contribution is -0.140. The molecule has 4 aromatic rings. The fourth-order valence-electron chi connectivity index (χ4n) is 5.15. The molecule has 0 saturated carbocycles. The highest BCUT2D eigenvalue weighted by Crippen LogP contribution is 2.34. The van der Waals surface area contributed by atoms with E-state index in [4.69, 9.17) is 9.47 Å². The van der Waals surface area contributed by atoms with Gasteiger partial charge in [0.15, 0.2) is 11.5 Å². The van der Waals surface area contributed by atoms with Crippen molar-refractivity contribution in [3.8, 4) is 11.5 Å². The number of methoxy groups -OCH3 is 2. The van der Waals surface area contributed by atoms with Crippen LogP contribution in [0.25, 0.3) is 0 Å². The molecule has 0 aliphatic carbocycles. The zero-order valence-corrected chi connectivity index (χ0v) is 30.3. The number of nitrogens with one attached hydrogen (secondary N) is 1. The highest BCUT2D eigenvalue weighted by Gasteiger charge is 2.35. The number of aryl methyl sites for hydroxylation is 1. The summed E-state index contributed by atoms with van der Waals surface area (Å²) >= 11 is 3.51. The molecule has 48 heavy (non-hydrogen) atoms. The van der Waals surface area contributed by atoms with Gasteiger partial charge in [-0.15, -0.1) is 0 Å². The van der Waals surface area contributed by atoms with E-state index in [1.807, 2.05) is 75.4 Å². The van der Waals surface area contributed by atoms with Gasteiger partial charge in [-0.25, -0.2) is 8.42 Å². The lowest BCUT2D eigenvalue weighted by Gasteiger charge is -2.34. The summed E-state index contributed by atoms with van der Waals surface area (Å²) in [6.07, 6.45) is 0.228. The number of sulfonamides is 1. The van der Waals surface area contributed by atoms with Crippen molar-refractivity contribution < 1.29 is 27.5 Å². The number of rotatable bonds is 15. The molecular formula is C37H42BrN3O6S. The number of amides is 2. The lowest BCUT2D eigenvalue weighted by Crippen LogP contribution is -2.53. The molecule has 0 saturated heterocycles. The Morgan fingerprint density at radius 3 is 2.12 bits per heavy atom. The molecule has 4 rings (SSSR count). The van der Waals surface area contributed by atoms with Crippen LogP contribution in [-0.2, 0) is 32.6 Å². The Morgan fingerprint density at radius 1 is 0.833 bits per heavy atom. The molecule has 0 radical (unpaired) electrons. The topological polar surface area (TPSA) is 105 Å². The summed E-state index contributed by atoms with van der Waals surface area (Å²) in [4.78, 5) is 30.1. The van der Waals surface area contributed by atoms with Crippen LogP contribution >= 0.6 is 15.9 Å². The maximum atomic E-state index is 14.7. The Balaban J connectivity index is 1.84. The van der Waals surface area contributed by atoms with Crippen LogP contribution in [0.5, 0.6) is 11.5 Å². The highest BCUT2D eigenvalue weighted by molar-refractivity contribution is 9.10. The Kier molecular flexibility index (Phi) is 12.7. The number of ether oxygens (including phenoxy) is 2. The average Bonchev–Trinajstić information content (AvgIpc) is 3.07. The number of anilines is 1. The van der Waals surface area contributed by atoms with Crippen molar-refractivity contribution in [1.29, 1.82) is 0 Å². The van der Waals surface area contributed by atoms with Crippen LogP contribution in [0.4, 0.5) is 5.69 Å². The molecule has 0 fully saturated rings. The van der Waals surface area contributed by atoms with E-state index in [0.29, 0.717) is 18.0 Å². The van der Waals surface area contributed by atoms with Gasteiger partial charge in [0, 0.05) is 30.0 Å². The van der Waals surface area contributed by atoms with E-state index in [1.54, 1.807) is 24.3 Å². The maximum Gasteiger partial charge on any atom is 0.264 e. The second-order valence-electron chi connectivity index (χ2n) is 11.9. The van der Waals surface area contributed by atoms with Gasteiger partial charge in [0.1, 0.15) is 12.6 Å². The molecule has 0 bridgehead atoms. The van der Waals surface area contributed by atoms with Gasteiger partial charge in [-0.3, -0.25) is 13.9 Å². The van der Waals surface area contributed by atoms with Crippen LogP contribution < -0.4 is 19.1 Å². The van der Waals surface area contributed by atoms with Crippen LogP contribution in [0, 0.1) is 12.8 Å². The maximum absolute atomic E-state index is 14.7. The fraction of sp³-hybridized carbons (Fsp3) is 0.297. The Hall–Kier alpha value is -4.35. The van der Waals surface area contributed by atoms with Crippen LogP contribution in [0.15, 0.2) is 106 Å². The zero-order chi connectivity index (χ0) is 34.8. The van der Waals surface area contributed by atoms with Gasteiger partial charge >= 0.3 is 0 Å². The van der Waals surface area contributed by atoms with E-state index in [0.717, 1.165) is 25.5 Å². The average molecular weight is 737 g/mol. The Morgan fingerprint density at radius 2 is 1.50 bits per heavy atom. The summed E-state index contributed by atoms with van der Waals surface area (Å²) < 4.78 is 41.4. The first-order chi connectivity index (χ1) is 22.9. The molecule has 1 atom stereocenters. The van der Waals surface area contributed by atoms with E-state index in [2.05, 4.69) is 21.2 Å². The smallest absolute Gasteiger partial charge is 0.264 e. The molecule has 0 aromatic heterocycles. The summed E-state index contributed by atoms with van der Waals surface area (Å²) in [5.41, 5.74) is 2.72. The predicted molar refractivity (Wildman–Crippen MR) is 192 cm³/mol. The van der Waals surface area contributed by atoms with Gasteiger partial charge in [-0.2, -0.15) is 0 Å². The third-order valence-corrected chi connectivity index (χ3v) is 10.0. The van der Waals surface area contributed by atoms with E-state index >= 15 is 0 Å². The normalized spacial score (nSPS) is 11.9. The minimum absolute atomic E-state index is 0.0183. The van der Waals surface area contributed by atoms with Gasteiger partial charge in [-0.05, 0) is 60.4 Å². The SMILES string of the molecule is COc1ccc(N(CC(=O)N(Cc2cccc(Br)c2)[C@@H](Cc2ccccc2)C(=O)NCC(C)C)S(=O)(=O)c2ccc(C)cc2)cc1OC. The van der Waals surface area contributed by atoms with E-state index in [1.165, 1.54) is 37.3 Å². The number of carbonyl (C=O) groups is 2. The largest absolute Gasteiger partial charge is 0.493 e. The third kappa shape index (κ3) is 9.38. The predicted octanol–water partition coefficient (Wildman–Crippen LogP) is 6.38. The molecule has 0 aliphatic heterocycles. The van der Waals surface area contributed by atoms with Gasteiger partial charge < -0.3 is 19.7 Å². The first kappa shape index (κ1) is 36.5. The number of nitrogens with zero attached hydrogens (tertiary/aromatic N) is 2. The first-order valence-corrected chi connectivity index (χ1v) is 17.8. The molecule has 0 unspecified atom stereocenters. The minimum Gasteiger partial charge on any atom is -0.493 e. The van der Waals surface area contributed by atoms with E-state index in [9.17, 15) is 18.0 Å². The zero-order valence-electron chi connectivity index (χ0n) is 27.9. The highest BCUT2D eigenvalue weighted by atomic mass is 79.9. The molecule has 254 valence electrons. The van der Waals surface area contributed by atoms with E-state index in [-0.39, 0.29) is 35.4 Å². The summed E-state index contributed by atoms with van der Waals surface area (Å²) in [5, 5.41) is 3.00. The molecule has 4 aromatic carbocycles. The molecule has 0 spiro atoms. The van der Waals surface area contributed by atoms with Crippen LogP contribution in [0.1, 0.15) is 30.5 Å². The first-order valence-electron chi connectivity index (χ1n) is 15.6. The number of benzene rings is 4. The fourth-order valence-corrected chi connectivity index (χ4v) is 7.01. The molecule has 1 N–H and O–H groups in total. The van der Waals surface area contributed by atoms with Crippen LogP contribution in [0.3, 0.4) is 0 Å². The summed E-state index contributed by atoms with van der Waals surface area (Å²) in [6.45, 7) is 5.75. The van der Waals surface area contributed by atoms with Crippen molar-refractivity contribution in [2.24, 2.45) is 5.92 Å². The van der Waals surface area contributed by atoms with Gasteiger partial charge in [-0.1, -0.05) is 89.9 Å². The number of carbonyl (C=O) groups excluding carboxylic acids is 2. The molecule has 0 aliphatic rings. The van der Waals surface area contributed by atoms with Crippen molar-refractivity contribution in [2.45, 2.75) is 44.7 Å². The van der Waals surface area contributed by atoms with Crippen molar-refractivity contribution >= 4 is 43.5 Å². The van der Waals surface area contributed by atoms with Gasteiger partial charge in [0.25, 0.3) is 10.0 Å². The molecule has 9 nitrogen and oxygen atoms in total. The van der Waals surface area contributed by atoms with Crippen LogP contribution in [0.2, 0.25) is 0 Å². The summed E-state index contributed by atoms with van der Waals surface area (Å²) in [5.74, 6) is 0.00522.